The van der Waals surface area contributed by atoms with E-state index >= 15 is 0 Å². The highest BCUT2D eigenvalue weighted by Crippen LogP contribution is 2.09. The van der Waals surface area contributed by atoms with Crippen molar-refractivity contribution in [1.29, 1.82) is 0 Å². The minimum Gasteiger partial charge on any atom is -0.475 e. The molecule has 0 amide bonds. The Hall–Kier alpha value is -0.880. The first-order valence-electron chi connectivity index (χ1n) is 3.31. The molecule has 66 valence electrons. The summed E-state index contributed by atoms with van der Waals surface area (Å²) in [6.07, 6.45) is 1.59. The Morgan fingerprint density at radius 3 is 3.00 bits per heavy atom. The number of nitrogens with zero attached hydrogens (tertiary/aromatic N) is 2. The Labute approximate surface area is 77.3 Å². The second kappa shape index (κ2) is 3.68. The second-order valence-corrected chi connectivity index (χ2v) is 2.99. The van der Waals surface area contributed by atoms with Crippen molar-refractivity contribution in [3.05, 3.63) is 16.6 Å². The normalized spacial score (nSPS) is 10.2. The molecule has 3 N–H and O–H groups in total. The molecule has 0 fully saturated rings. The molecule has 0 saturated carbocycles. The minimum absolute atomic E-state index is 0.00678. The van der Waals surface area contributed by atoms with Crippen molar-refractivity contribution in [2.45, 2.75) is 6.54 Å². The molecule has 0 aliphatic heterocycles. The Kier molecular flexibility index (Phi) is 2.83. The summed E-state index contributed by atoms with van der Waals surface area (Å²) < 4.78 is 2.00. The van der Waals surface area contributed by atoms with Crippen molar-refractivity contribution in [2.75, 3.05) is 6.54 Å². The van der Waals surface area contributed by atoms with Gasteiger partial charge in [-0.2, -0.15) is 0 Å². The SMILES string of the molecule is NCCn1cc(Br)nc1C(=O)O. The minimum atomic E-state index is -1.05. The number of aromatic nitrogens is 2. The summed E-state index contributed by atoms with van der Waals surface area (Å²) in [4.78, 5) is 14.3. The lowest BCUT2D eigenvalue weighted by molar-refractivity contribution is 0.0678. The lowest BCUT2D eigenvalue weighted by Gasteiger charge is -1.99. The zero-order chi connectivity index (χ0) is 9.14. The summed E-state index contributed by atoms with van der Waals surface area (Å²) in [5, 5.41) is 8.66. The van der Waals surface area contributed by atoms with Crippen LogP contribution in [-0.2, 0) is 6.54 Å². The monoisotopic (exact) mass is 233 g/mol. The Balaban J connectivity index is 2.99. The third kappa shape index (κ3) is 1.83. The summed E-state index contributed by atoms with van der Waals surface area (Å²) >= 11 is 3.09. The van der Waals surface area contributed by atoms with Gasteiger partial charge < -0.3 is 15.4 Å². The van der Waals surface area contributed by atoms with Gasteiger partial charge >= 0.3 is 5.97 Å². The molecule has 1 aromatic heterocycles. The van der Waals surface area contributed by atoms with E-state index in [0.717, 1.165) is 0 Å². The molecule has 0 bridgehead atoms. The average Bonchev–Trinajstić information content (AvgIpc) is 2.32. The van der Waals surface area contributed by atoms with Crippen molar-refractivity contribution >= 4 is 21.9 Å². The molecule has 0 aliphatic carbocycles. The number of halogens is 1. The van der Waals surface area contributed by atoms with Crippen molar-refractivity contribution < 1.29 is 9.90 Å². The highest BCUT2D eigenvalue weighted by molar-refractivity contribution is 9.10. The van der Waals surface area contributed by atoms with E-state index in [0.29, 0.717) is 17.7 Å². The van der Waals surface area contributed by atoms with Crippen LogP contribution in [0.2, 0.25) is 0 Å². The van der Waals surface area contributed by atoms with Gasteiger partial charge in [0.25, 0.3) is 0 Å². The number of carboxylic acid groups (broad SMARTS) is 1. The molecule has 6 heteroatoms. The van der Waals surface area contributed by atoms with Gasteiger partial charge in [-0.1, -0.05) is 0 Å². The van der Waals surface area contributed by atoms with Crippen LogP contribution in [0.1, 0.15) is 10.6 Å². The lowest BCUT2D eigenvalue weighted by atomic mass is 10.5. The lowest BCUT2D eigenvalue weighted by Crippen LogP contribution is -2.14. The van der Waals surface area contributed by atoms with E-state index in [1.807, 2.05) is 0 Å². The zero-order valence-electron chi connectivity index (χ0n) is 6.20. The van der Waals surface area contributed by atoms with E-state index < -0.39 is 5.97 Å². The largest absolute Gasteiger partial charge is 0.475 e. The van der Waals surface area contributed by atoms with Crippen LogP contribution < -0.4 is 5.73 Å². The first-order valence-corrected chi connectivity index (χ1v) is 4.10. The Morgan fingerprint density at radius 2 is 2.50 bits per heavy atom. The highest BCUT2D eigenvalue weighted by Gasteiger charge is 2.12. The summed E-state index contributed by atoms with van der Waals surface area (Å²) in [5.74, 6) is -1.04. The molecule has 0 spiro atoms. The summed E-state index contributed by atoms with van der Waals surface area (Å²) in [6.45, 7) is 0.851. The predicted molar refractivity (Wildman–Crippen MR) is 45.9 cm³/mol. The molecule has 12 heavy (non-hydrogen) atoms. The highest BCUT2D eigenvalue weighted by atomic mass is 79.9. The van der Waals surface area contributed by atoms with Gasteiger partial charge in [0, 0.05) is 19.3 Å². The van der Waals surface area contributed by atoms with E-state index in [1.54, 1.807) is 6.20 Å². The maximum atomic E-state index is 10.6. The molecule has 1 aromatic rings. The van der Waals surface area contributed by atoms with Crippen molar-refractivity contribution in [2.24, 2.45) is 5.73 Å². The third-order valence-electron chi connectivity index (χ3n) is 1.31. The van der Waals surface area contributed by atoms with Crippen molar-refractivity contribution in [3.8, 4) is 0 Å². The third-order valence-corrected chi connectivity index (χ3v) is 1.69. The molecule has 5 nitrogen and oxygen atoms in total. The maximum absolute atomic E-state index is 10.6. The van der Waals surface area contributed by atoms with Gasteiger partial charge in [-0.15, -0.1) is 0 Å². The number of rotatable bonds is 3. The summed E-state index contributed by atoms with van der Waals surface area (Å²) in [6, 6.07) is 0. The maximum Gasteiger partial charge on any atom is 0.372 e. The fourth-order valence-electron chi connectivity index (χ4n) is 0.864. The number of imidazole rings is 1. The van der Waals surface area contributed by atoms with Gasteiger partial charge in [0.15, 0.2) is 0 Å². The van der Waals surface area contributed by atoms with Crippen LogP contribution in [0.5, 0.6) is 0 Å². The molecule has 0 aliphatic rings. The molecule has 0 unspecified atom stereocenters. The number of hydrogen-bond acceptors (Lipinski definition) is 3. The Morgan fingerprint density at radius 1 is 1.83 bits per heavy atom. The van der Waals surface area contributed by atoms with Crippen LogP contribution in [0, 0.1) is 0 Å². The molecule has 1 rings (SSSR count). The molecular weight excluding hydrogens is 226 g/mol. The first-order chi connectivity index (χ1) is 5.65. The van der Waals surface area contributed by atoms with Gasteiger partial charge in [-0.25, -0.2) is 9.78 Å². The number of nitrogens with two attached hydrogens (primary N) is 1. The van der Waals surface area contributed by atoms with E-state index in [-0.39, 0.29) is 5.82 Å². The van der Waals surface area contributed by atoms with Crippen molar-refractivity contribution in [3.63, 3.8) is 0 Å². The van der Waals surface area contributed by atoms with Crippen molar-refractivity contribution in [1.82, 2.24) is 9.55 Å². The number of carboxylic acids is 1. The summed E-state index contributed by atoms with van der Waals surface area (Å²) in [5.41, 5.74) is 5.28. The number of aromatic carboxylic acids is 1. The van der Waals surface area contributed by atoms with Crippen LogP contribution in [-0.4, -0.2) is 27.2 Å². The molecule has 0 saturated heterocycles. The van der Waals surface area contributed by atoms with E-state index in [9.17, 15) is 4.79 Å². The van der Waals surface area contributed by atoms with Gasteiger partial charge in [0.1, 0.15) is 4.60 Å². The first kappa shape index (κ1) is 9.21. The smallest absolute Gasteiger partial charge is 0.372 e. The second-order valence-electron chi connectivity index (χ2n) is 2.17. The van der Waals surface area contributed by atoms with Crippen LogP contribution in [0.4, 0.5) is 0 Å². The fourth-order valence-corrected chi connectivity index (χ4v) is 1.28. The molecular formula is C6H8BrN3O2. The van der Waals surface area contributed by atoms with E-state index in [2.05, 4.69) is 20.9 Å². The predicted octanol–water partition coefficient (Wildman–Crippen LogP) is 0.302. The topological polar surface area (TPSA) is 81.1 Å². The standard InChI is InChI=1S/C6H8BrN3O2/c7-4-3-10(2-1-8)5(9-4)6(11)12/h3H,1-2,8H2,(H,11,12). The molecule has 0 radical (unpaired) electrons. The van der Waals surface area contributed by atoms with Gasteiger partial charge in [-0.3, -0.25) is 0 Å². The van der Waals surface area contributed by atoms with Crippen LogP contribution in [0.15, 0.2) is 10.8 Å². The van der Waals surface area contributed by atoms with Crippen LogP contribution in [0.25, 0.3) is 0 Å². The molecule has 1 heterocycles. The summed E-state index contributed by atoms with van der Waals surface area (Å²) in [7, 11) is 0. The number of hydrogen-bond donors (Lipinski definition) is 2. The quantitative estimate of drug-likeness (QED) is 0.788. The Bertz CT molecular complexity index is 297. The van der Waals surface area contributed by atoms with E-state index in [4.69, 9.17) is 10.8 Å². The van der Waals surface area contributed by atoms with Gasteiger partial charge in [-0.05, 0) is 15.9 Å². The average molecular weight is 234 g/mol. The zero-order valence-corrected chi connectivity index (χ0v) is 7.78. The molecule has 0 atom stereocenters. The number of carbonyl (C=O) groups is 1. The van der Waals surface area contributed by atoms with Gasteiger partial charge in [0.05, 0.1) is 0 Å². The molecule has 0 aromatic carbocycles. The van der Waals surface area contributed by atoms with E-state index in [1.165, 1.54) is 4.57 Å². The van der Waals surface area contributed by atoms with Crippen LogP contribution in [0.3, 0.4) is 0 Å². The fraction of sp³-hybridized carbons (Fsp3) is 0.333. The van der Waals surface area contributed by atoms with Crippen LogP contribution >= 0.6 is 15.9 Å². The van der Waals surface area contributed by atoms with Gasteiger partial charge in [0.2, 0.25) is 5.82 Å².